The van der Waals surface area contributed by atoms with E-state index in [1.165, 1.54) is 0 Å². The Kier molecular flexibility index (Phi) is 2.03. The van der Waals surface area contributed by atoms with Crippen LogP contribution in [-0.4, -0.2) is 11.1 Å². The highest BCUT2D eigenvalue weighted by molar-refractivity contribution is 5.55. The number of nitrogens with zero attached hydrogens (tertiary/aromatic N) is 1. The molecule has 1 aliphatic heterocycles. The fraction of sp³-hybridized carbons (Fsp3) is 0.154. The lowest BCUT2D eigenvalue weighted by Crippen LogP contribution is -2.17. The van der Waals surface area contributed by atoms with Gasteiger partial charge in [0.05, 0.1) is 5.69 Å². The highest BCUT2D eigenvalue weighted by Crippen LogP contribution is 2.20. The smallest absolute Gasteiger partial charge is 0.255 e. The normalized spacial score (nSPS) is 13.2. The number of fused-ring (bicyclic) bond motifs is 1. The van der Waals surface area contributed by atoms with E-state index >= 15 is 0 Å². The number of para-hydroxylation sites is 1. The predicted octanol–water partition coefficient (Wildman–Crippen LogP) is 1.81. The van der Waals surface area contributed by atoms with E-state index in [0.717, 1.165) is 29.9 Å². The molecular weight excluding hydrogens is 200 g/mol. The minimum absolute atomic E-state index is 0.0358. The maximum Gasteiger partial charge on any atom is 0.255 e. The molecule has 3 nitrogen and oxygen atoms in total. The van der Waals surface area contributed by atoms with E-state index in [1.54, 1.807) is 10.6 Å². The van der Waals surface area contributed by atoms with E-state index in [4.69, 9.17) is 0 Å². The van der Waals surface area contributed by atoms with Gasteiger partial charge in [-0.2, -0.15) is 0 Å². The Morgan fingerprint density at radius 1 is 1.19 bits per heavy atom. The van der Waals surface area contributed by atoms with Gasteiger partial charge in [0.1, 0.15) is 0 Å². The summed E-state index contributed by atoms with van der Waals surface area (Å²) in [5.74, 6) is 0. The van der Waals surface area contributed by atoms with Crippen molar-refractivity contribution >= 4 is 5.69 Å². The molecule has 80 valence electrons. The van der Waals surface area contributed by atoms with Crippen molar-refractivity contribution in [2.45, 2.75) is 6.42 Å². The minimum atomic E-state index is 0.0358. The monoisotopic (exact) mass is 212 g/mol. The largest absolute Gasteiger partial charge is 0.383 e. The van der Waals surface area contributed by atoms with Crippen molar-refractivity contribution in [2.24, 2.45) is 0 Å². The summed E-state index contributed by atoms with van der Waals surface area (Å²) in [7, 11) is 0. The van der Waals surface area contributed by atoms with Gasteiger partial charge in [-0.3, -0.25) is 9.36 Å². The first kappa shape index (κ1) is 9.21. The number of pyridine rings is 1. The fourth-order valence-corrected chi connectivity index (χ4v) is 2.06. The number of rotatable bonds is 1. The topological polar surface area (TPSA) is 34.0 Å². The number of anilines is 1. The molecule has 1 aromatic heterocycles. The first-order valence-electron chi connectivity index (χ1n) is 5.39. The first-order chi connectivity index (χ1) is 7.84. The van der Waals surface area contributed by atoms with Crippen LogP contribution in [-0.2, 0) is 6.42 Å². The van der Waals surface area contributed by atoms with Gasteiger partial charge >= 0.3 is 0 Å². The number of hydrogen-bond donors (Lipinski definition) is 1. The Bertz CT molecular complexity index is 572. The number of benzene rings is 1. The van der Waals surface area contributed by atoms with E-state index in [0.29, 0.717) is 0 Å². The minimum Gasteiger partial charge on any atom is -0.383 e. The van der Waals surface area contributed by atoms with Gasteiger partial charge in [-0.1, -0.05) is 18.2 Å². The average molecular weight is 212 g/mol. The highest BCUT2D eigenvalue weighted by Gasteiger charge is 2.12. The highest BCUT2D eigenvalue weighted by atomic mass is 16.1. The van der Waals surface area contributed by atoms with Crippen molar-refractivity contribution in [3.05, 3.63) is 58.5 Å². The lowest BCUT2D eigenvalue weighted by molar-refractivity contribution is 0.985. The predicted molar refractivity (Wildman–Crippen MR) is 64.2 cm³/mol. The second-order valence-corrected chi connectivity index (χ2v) is 3.93. The molecule has 2 heterocycles. The van der Waals surface area contributed by atoms with Gasteiger partial charge in [0.15, 0.2) is 0 Å². The fourth-order valence-electron chi connectivity index (χ4n) is 2.06. The Morgan fingerprint density at radius 3 is 2.81 bits per heavy atom. The first-order valence-corrected chi connectivity index (χ1v) is 5.39. The number of hydrogen-bond acceptors (Lipinski definition) is 2. The Balaban J connectivity index is 2.19. The molecule has 0 atom stereocenters. The third kappa shape index (κ3) is 1.41. The molecule has 0 saturated carbocycles. The van der Waals surface area contributed by atoms with E-state index in [2.05, 4.69) is 5.32 Å². The average Bonchev–Trinajstić information content (AvgIpc) is 2.76. The summed E-state index contributed by atoms with van der Waals surface area (Å²) in [6.07, 6.45) is 2.83. The summed E-state index contributed by atoms with van der Waals surface area (Å²) in [6, 6.07) is 11.4. The van der Waals surface area contributed by atoms with Gasteiger partial charge < -0.3 is 5.32 Å². The van der Waals surface area contributed by atoms with Crippen LogP contribution in [0.15, 0.2) is 47.4 Å². The number of aromatic nitrogens is 1. The SMILES string of the molecule is O=c1cc2c(cn1-c1ccccc1)NCC2. The second-order valence-electron chi connectivity index (χ2n) is 3.93. The van der Waals surface area contributed by atoms with Crippen LogP contribution in [0, 0.1) is 0 Å². The molecule has 1 aromatic carbocycles. The van der Waals surface area contributed by atoms with Crippen LogP contribution in [0.2, 0.25) is 0 Å². The zero-order valence-corrected chi connectivity index (χ0v) is 8.81. The molecule has 3 rings (SSSR count). The summed E-state index contributed by atoms with van der Waals surface area (Å²) in [5, 5.41) is 3.28. The molecule has 1 N–H and O–H groups in total. The molecule has 0 radical (unpaired) electrons. The molecule has 0 spiro atoms. The summed E-state index contributed by atoms with van der Waals surface area (Å²) in [4.78, 5) is 11.9. The molecule has 0 amide bonds. The van der Waals surface area contributed by atoms with Crippen molar-refractivity contribution in [2.75, 3.05) is 11.9 Å². The lowest BCUT2D eigenvalue weighted by atomic mass is 10.2. The van der Waals surface area contributed by atoms with E-state index < -0.39 is 0 Å². The molecule has 0 fully saturated rings. The molecule has 0 saturated heterocycles. The van der Waals surface area contributed by atoms with Crippen LogP contribution in [0.3, 0.4) is 0 Å². The van der Waals surface area contributed by atoms with Crippen LogP contribution in [0.5, 0.6) is 0 Å². The third-order valence-electron chi connectivity index (χ3n) is 2.88. The van der Waals surface area contributed by atoms with Gasteiger partial charge in [-0.25, -0.2) is 0 Å². The van der Waals surface area contributed by atoms with Crippen LogP contribution in [0.1, 0.15) is 5.56 Å². The summed E-state index contributed by atoms with van der Waals surface area (Å²) in [5.41, 5.74) is 3.14. The maximum atomic E-state index is 11.9. The molecular formula is C13H12N2O. The van der Waals surface area contributed by atoms with Gasteiger partial charge in [0, 0.05) is 24.5 Å². The number of nitrogens with one attached hydrogen (secondary N) is 1. The lowest BCUT2D eigenvalue weighted by Gasteiger charge is -2.07. The molecule has 16 heavy (non-hydrogen) atoms. The van der Waals surface area contributed by atoms with Crippen LogP contribution in [0.25, 0.3) is 5.69 Å². The van der Waals surface area contributed by atoms with E-state index in [9.17, 15) is 4.79 Å². The standard InChI is InChI=1S/C13H12N2O/c16-13-8-10-6-7-14-12(10)9-15(13)11-4-2-1-3-5-11/h1-5,8-9,14H,6-7H2. The molecule has 0 bridgehead atoms. The zero-order chi connectivity index (χ0) is 11.0. The van der Waals surface area contributed by atoms with Gasteiger partial charge in [-0.05, 0) is 24.1 Å². The summed E-state index contributed by atoms with van der Waals surface area (Å²) in [6.45, 7) is 0.924. The molecule has 0 aliphatic carbocycles. The summed E-state index contributed by atoms with van der Waals surface area (Å²) < 4.78 is 1.68. The Morgan fingerprint density at radius 2 is 2.00 bits per heavy atom. The van der Waals surface area contributed by atoms with Crippen LogP contribution in [0.4, 0.5) is 5.69 Å². The zero-order valence-electron chi connectivity index (χ0n) is 8.81. The van der Waals surface area contributed by atoms with Crippen molar-refractivity contribution in [1.29, 1.82) is 0 Å². The van der Waals surface area contributed by atoms with Crippen molar-refractivity contribution in [3.8, 4) is 5.69 Å². The van der Waals surface area contributed by atoms with Gasteiger partial charge in [-0.15, -0.1) is 0 Å². The molecule has 0 unspecified atom stereocenters. The van der Waals surface area contributed by atoms with Gasteiger partial charge in [0.25, 0.3) is 5.56 Å². The maximum absolute atomic E-state index is 11.9. The molecule has 1 aliphatic rings. The Hall–Kier alpha value is -2.03. The Labute approximate surface area is 93.4 Å². The van der Waals surface area contributed by atoms with Crippen LogP contribution >= 0.6 is 0 Å². The third-order valence-corrected chi connectivity index (χ3v) is 2.88. The van der Waals surface area contributed by atoms with Crippen molar-refractivity contribution < 1.29 is 0 Å². The van der Waals surface area contributed by atoms with Gasteiger partial charge in [0.2, 0.25) is 0 Å². The molecule has 3 heteroatoms. The quantitative estimate of drug-likeness (QED) is 0.782. The van der Waals surface area contributed by atoms with Crippen molar-refractivity contribution in [3.63, 3.8) is 0 Å². The van der Waals surface area contributed by atoms with E-state index in [-0.39, 0.29) is 5.56 Å². The van der Waals surface area contributed by atoms with Crippen LogP contribution < -0.4 is 10.9 Å². The molecule has 2 aromatic rings. The second kappa shape index (κ2) is 3.52. The van der Waals surface area contributed by atoms with E-state index in [1.807, 2.05) is 36.5 Å². The summed E-state index contributed by atoms with van der Waals surface area (Å²) >= 11 is 0. The van der Waals surface area contributed by atoms with Crippen molar-refractivity contribution in [1.82, 2.24) is 4.57 Å².